The van der Waals surface area contributed by atoms with Crippen molar-refractivity contribution in [2.75, 3.05) is 0 Å². The molecule has 0 aliphatic rings. The Morgan fingerprint density at radius 1 is 1.30 bits per heavy atom. The van der Waals surface area contributed by atoms with E-state index >= 15 is 0 Å². The van der Waals surface area contributed by atoms with Crippen molar-refractivity contribution in [1.29, 1.82) is 0 Å². The third-order valence-electron chi connectivity index (χ3n) is 3.35. The average Bonchev–Trinajstić information content (AvgIpc) is 2.97. The summed E-state index contributed by atoms with van der Waals surface area (Å²) >= 11 is 0. The minimum atomic E-state index is -1.04. The molecule has 0 fully saturated rings. The Balaban J connectivity index is 1.96. The molecule has 1 atom stereocenters. The average molecular weight is 309 g/mol. The van der Waals surface area contributed by atoms with Gasteiger partial charge in [-0.2, -0.15) is 5.10 Å². The third kappa shape index (κ3) is 3.18. The molecule has 7 nitrogen and oxygen atoms in total. The topological polar surface area (TPSA) is 92.9 Å². The second-order valence-corrected chi connectivity index (χ2v) is 5.03. The number of fused-ring (bicyclic) bond motifs is 1. The van der Waals surface area contributed by atoms with Crippen molar-refractivity contribution >= 4 is 23.1 Å². The zero-order valence-electron chi connectivity index (χ0n) is 12.4. The molecule has 3 aromatic rings. The molecule has 0 aliphatic heterocycles. The highest BCUT2D eigenvalue weighted by Gasteiger charge is 2.08. The minimum Gasteiger partial charge on any atom is -0.465 e. The van der Waals surface area contributed by atoms with Crippen LogP contribution in [0.25, 0.3) is 22.7 Å². The molecule has 116 valence electrons. The maximum absolute atomic E-state index is 10.6. The van der Waals surface area contributed by atoms with E-state index in [2.05, 4.69) is 20.4 Å². The molecule has 3 rings (SSSR count). The number of carboxylic acid groups (broad SMARTS) is 1. The summed E-state index contributed by atoms with van der Waals surface area (Å²) in [5.74, 6) is 0. The molecular formula is C16H15N5O2. The van der Waals surface area contributed by atoms with Crippen molar-refractivity contribution in [1.82, 2.24) is 25.1 Å². The standard InChI is InChI=1S/C16H15N5O2/c1-11(20-16(22)23)5-6-12-3-2-4-15-14(12)9-19-21(15)13-7-17-10-18-8-13/h2-11,20H,1H3,(H,22,23)/t11-/m0/s1. The Morgan fingerprint density at radius 2 is 2.09 bits per heavy atom. The van der Waals surface area contributed by atoms with Gasteiger partial charge in [0.05, 0.1) is 24.1 Å². The van der Waals surface area contributed by atoms with Crippen LogP contribution in [0, 0.1) is 0 Å². The van der Waals surface area contributed by atoms with E-state index in [9.17, 15) is 4.79 Å². The lowest BCUT2D eigenvalue weighted by Gasteiger charge is -2.05. The summed E-state index contributed by atoms with van der Waals surface area (Å²) in [6.07, 6.45) is 9.28. The number of amides is 1. The molecule has 2 aromatic heterocycles. The van der Waals surface area contributed by atoms with Crippen LogP contribution in [0.2, 0.25) is 0 Å². The van der Waals surface area contributed by atoms with Crippen LogP contribution in [-0.2, 0) is 0 Å². The van der Waals surface area contributed by atoms with E-state index in [1.165, 1.54) is 6.33 Å². The molecule has 0 aliphatic carbocycles. The van der Waals surface area contributed by atoms with Gasteiger partial charge in [0.2, 0.25) is 0 Å². The minimum absolute atomic E-state index is 0.277. The highest BCUT2D eigenvalue weighted by molar-refractivity contribution is 5.89. The fraction of sp³-hybridized carbons (Fsp3) is 0.125. The van der Waals surface area contributed by atoms with Crippen molar-refractivity contribution in [2.24, 2.45) is 0 Å². The zero-order chi connectivity index (χ0) is 16.2. The summed E-state index contributed by atoms with van der Waals surface area (Å²) in [5, 5.41) is 16.5. The summed E-state index contributed by atoms with van der Waals surface area (Å²) in [6, 6.07) is 5.57. The van der Waals surface area contributed by atoms with E-state index in [4.69, 9.17) is 5.11 Å². The first-order valence-corrected chi connectivity index (χ1v) is 7.05. The van der Waals surface area contributed by atoms with Crippen molar-refractivity contribution < 1.29 is 9.90 Å². The predicted molar refractivity (Wildman–Crippen MR) is 86.3 cm³/mol. The van der Waals surface area contributed by atoms with E-state index in [-0.39, 0.29) is 6.04 Å². The van der Waals surface area contributed by atoms with Gasteiger partial charge < -0.3 is 10.4 Å². The van der Waals surface area contributed by atoms with Gasteiger partial charge >= 0.3 is 6.09 Å². The lowest BCUT2D eigenvalue weighted by Crippen LogP contribution is -2.29. The maximum atomic E-state index is 10.6. The molecule has 2 N–H and O–H groups in total. The summed E-state index contributed by atoms with van der Waals surface area (Å²) < 4.78 is 1.77. The molecule has 2 heterocycles. The fourth-order valence-electron chi connectivity index (χ4n) is 2.32. The molecule has 23 heavy (non-hydrogen) atoms. The molecule has 0 radical (unpaired) electrons. The van der Waals surface area contributed by atoms with Gasteiger partial charge in [-0.1, -0.05) is 24.3 Å². The molecule has 0 saturated heterocycles. The summed E-state index contributed by atoms with van der Waals surface area (Å²) in [4.78, 5) is 18.6. The van der Waals surface area contributed by atoms with E-state index in [1.807, 2.05) is 24.3 Å². The third-order valence-corrected chi connectivity index (χ3v) is 3.35. The number of carbonyl (C=O) groups is 1. The first kappa shape index (κ1) is 14.7. The normalized spacial score (nSPS) is 12.6. The second kappa shape index (κ2) is 6.27. The number of benzene rings is 1. The smallest absolute Gasteiger partial charge is 0.405 e. The number of hydrogen-bond donors (Lipinski definition) is 2. The predicted octanol–water partition coefficient (Wildman–Crippen LogP) is 2.48. The second-order valence-electron chi connectivity index (χ2n) is 5.03. The van der Waals surface area contributed by atoms with E-state index in [1.54, 1.807) is 36.3 Å². The van der Waals surface area contributed by atoms with Gasteiger partial charge in [0, 0.05) is 11.4 Å². The van der Waals surface area contributed by atoms with Crippen LogP contribution >= 0.6 is 0 Å². The first-order valence-electron chi connectivity index (χ1n) is 7.05. The molecule has 7 heteroatoms. The SMILES string of the molecule is C[C@@H](C=Cc1cccc2c1cnn2-c1cncnc1)NC(=O)O. The summed E-state index contributed by atoms with van der Waals surface area (Å²) in [6.45, 7) is 1.77. The van der Waals surface area contributed by atoms with Crippen LogP contribution in [0.1, 0.15) is 12.5 Å². The van der Waals surface area contributed by atoms with Crippen LogP contribution in [0.5, 0.6) is 0 Å². The lowest BCUT2D eigenvalue weighted by atomic mass is 10.1. The Morgan fingerprint density at radius 3 is 2.83 bits per heavy atom. The Bertz CT molecular complexity index is 857. The first-order chi connectivity index (χ1) is 11.1. The number of hydrogen-bond acceptors (Lipinski definition) is 4. The van der Waals surface area contributed by atoms with E-state index in [0.29, 0.717) is 0 Å². The summed E-state index contributed by atoms with van der Waals surface area (Å²) in [5.41, 5.74) is 2.68. The number of nitrogens with one attached hydrogen (secondary N) is 1. The lowest BCUT2D eigenvalue weighted by molar-refractivity contribution is 0.193. The zero-order valence-corrected chi connectivity index (χ0v) is 12.4. The number of nitrogens with zero attached hydrogens (tertiary/aromatic N) is 4. The molecule has 1 aromatic carbocycles. The van der Waals surface area contributed by atoms with Crippen molar-refractivity contribution in [3.8, 4) is 5.69 Å². The van der Waals surface area contributed by atoms with Gasteiger partial charge in [0.15, 0.2) is 0 Å². The maximum Gasteiger partial charge on any atom is 0.405 e. The van der Waals surface area contributed by atoms with Crippen LogP contribution in [0.3, 0.4) is 0 Å². The number of rotatable bonds is 4. The molecule has 0 spiro atoms. The monoisotopic (exact) mass is 309 g/mol. The van der Waals surface area contributed by atoms with E-state index in [0.717, 1.165) is 22.2 Å². The van der Waals surface area contributed by atoms with Gasteiger partial charge in [-0.3, -0.25) is 0 Å². The van der Waals surface area contributed by atoms with E-state index < -0.39 is 6.09 Å². The Kier molecular flexibility index (Phi) is 4.01. The van der Waals surface area contributed by atoms with Crippen molar-refractivity contribution in [2.45, 2.75) is 13.0 Å². The van der Waals surface area contributed by atoms with Gasteiger partial charge in [0.1, 0.15) is 12.0 Å². The molecule has 0 bridgehead atoms. The quantitative estimate of drug-likeness (QED) is 0.772. The van der Waals surface area contributed by atoms with Crippen LogP contribution in [0.15, 0.2) is 49.2 Å². The summed E-state index contributed by atoms with van der Waals surface area (Å²) in [7, 11) is 0. The molecule has 0 saturated carbocycles. The van der Waals surface area contributed by atoms with Crippen LogP contribution in [0.4, 0.5) is 4.79 Å². The van der Waals surface area contributed by atoms with Gasteiger partial charge in [-0.05, 0) is 18.6 Å². The highest BCUT2D eigenvalue weighted by atomic mass is 16.4. The number of aromatic nitrogens is 4. The van der Waals surface area contributed by atoms with Gasteiger partial charge in [0.25, 0.3) is 0 Å². The van der Waals surface area contributed by atoms with Gasteiger partial charge in [-0.15, -0.1) is 0 Å². The Hall–Kier alpha value is -3.22. The Labute approximate surface area is 132 Å². The highest BCUT2D eigenvalue weighted by Crippen LogP contribution is 2.22. The van der Waals surface area contributed by atoms with Crippen molar-refractivity contribution in [3.05, 3.63) is 54.8 Å². The van der Waals surface area contributed by atoms with Gasteiger partial charge in [-0.25, -0.2) is 19.4 Å². The molecular weight excluding hydrogens is 294 g/mol. The van der Waals surface area contributed by atoms with Crippen LogP contribution in [-0.4, -0.2) is 37.0 Å². The van der Waals surface area contributed by atoms with Crippen molar-refractivity contribution in [3.63, 3.8) is 0 Å². The molecule has 1 amide bonds. The molecule has 0 unspecified atom stereocenters. The largest absolute Gasteiger partial charge is 0.465 e. The van der Waals surface area contributed by atoms with Crippen LogP contribution < -0.4 is 5.32 Å². The fourth-order valence-corrected chi connectivity index (χ4v) is 2.32.